The van der Waals surface area contributed by atoms with Gasteiger partial charge in [-0.25, -0.2) is 0 Å². The van der Waals surface area contributed by atoms with Gasteiger partial charge in [-0.2, -0.15) is 0 Å². The lowest BCUT2D eigenvalue weighted by Gasteiger charge is -2.47. The number of rotatable bonds is 0. The molecule has 1 spiro atoms. The fourth-order valence-electron chi connectivity index (χ4n) is 1.88. The van der Waals surface area contributed by atoms with Crippen molar-refractivity contribution >= 4 is 0 Å². The van der Waals surface area contributed by atoms with E-state index in [0.29, 0.717) is 6.10 Å². The highest BCUT2D eigenvalue weighted by Gasteiger charge is 2.41. The molecular formula is C8H15NO. The molecular weight excluding hydrogens is 126 g/mol. The van der Waals surface area contributed by atoms with Crippen LogP contribution in [0.2, 0.25) is 0 Å². The molecule has 1 atom stereocenters. The molecule has 0 aromatic carbocycles. The van der Waals surface area contributed by atoms with Crippen molar-refractivity contribution in [2.45, 2.75) is 37.9 Å². The molecule has 2 rings (SSSR count). The van der Waals surface area contributed by atoms with Crippen LogP contribution < -0.4 is 5.32 Å². The van der Waals surface area contributed by atoms with Crippen LogP contribution in [-0.2, 0) is 4.74 Å². The van der Waals surface area contributed by atoms with Gasteiger partial charge in [0.15, 0.2) is 0 Å². The zero-order chi connectivity index (χ0) is 7.03. The Morgan fingerprint density at radius 1 is 1.50 bits per heavy atom. The lowest BCUT2D eigenvalue weighted by molar-refractivity contribution is -0.150. The maximum absolute atomic E-state index is 5.85. The smallest absolute Gasteiger partial charge is 0.0810 e. The van der Waals surface area contributed by atoms with Crippen molar-refractivity contribution in [2.24, 2.45) is 0 Å². The monoisotopic (exact) mass is 141 g/mol. The Kier molecular flexibility index (Phi) is 1.46. The van der Waals surface area contributed by atoms with Crippen molar-refractivity contribution in [3.63, 3.8) is 0 Å². The fourth-order valence-corrected chi connectivity index (χ4v) is 1.88. The molecule has 1 aliphatic heterocycles. The van der Waals surface area contributed by atoms with E-state index in [4.69, 9.17) is 4.74 Å². The standard InChI is InChI=1S/C8H15NO/c1-7-5-9-6-8(10-7)3-2-4-8/h7,9H,2-6H2,1H3. The molecule has 1 unspecified atom stereocenters. The molecule has 1 saturated carbocycles. The molecule has 1 aliphatic carbocycles. The van der Waals surface area contributed by atoms with Gasteiger partial charge >= 0.3 is 0 Å². The maximum atomic E-state index is 5.85. The normalized spacial score (nSPS) is 37.5. The average molecular weight is 141 g/mol. The quantitative estimate of drug-likeness (QED) is 0.541. The minimum Gasteiger partial charge on any atom is -0.369 e. The van der Waals surface area contributed by atoms with Gasteiger partial charge in [-0.3, -0.25) is 0 Å². The Morgan fingerprint density at radius 3 is 2.70 bits per heavy atom. The van der Waals surface area contributed by atoms with Crippen LogP contribution in [0.25, 0.3) is 0 Å². The number of ether oxygens (including phenoxy) is 1. The SMILES string of the molecule is CC1CNCC2(CCC2)O1. The molecule has 1 heterocycles. The molecule has 10 heavy (non-hydrogen) atoms. The van der Waals surface area contributed by atoms with Crippen molar-refractivity contribution < 1.29 is 4.74 Å². The average Bonchev–Trinajstić information content (AvgIpc) is 1.85. The summed E-state index contributed by atoms with van der Waals surface area (Å²) in [5.41, 5.74) is 0.262. The van der Waals surface area contributed by atoms with E-state index in [1.807, 2.05) is 0 Å². The lowest BCUT2D eigenvalue weighted by Crippen LogP contribution is -2.56. The highest BCUT2D eigenvalue weighted by molar-refractivity contribution is 4.95. The van der Waals surface area contributed by atoms with Gasteiger partial charge in [0.2, 0.25) is 0 Å². The summed E-state index contributed by atoms with van der Waals surface area (Å²) in [6, 6.07) is 0. The van der Waals surface area contributed by atoms with E-state index in [9.17, 15) is 0 Å². The van der Waals surface area contributed by atoms with Crippen LogP contribution in [0.3, 0.4) is 0 Å². The molecule has 0 bridgehead atoms. The summed E-state index contributed by atoms with van der Waals surface area (Å²) < 4.78 is 5.85. The first-order valence-electron chi connectivity index (χ1n) is 4.19. The summed E-state index contributed by atoms with van der Waals surface area (Å²) in [7, 11) is 0. The molecule has 1 N–H and O–H groups in total. The third-order valence-electron chi connectivity index (χ3n) is 2.59. The van der Waals surface area contributed by atoms with E-state index in [1.165, 1.54) is 19.3 Å². The second kappa shape index (κ2) is 2.21. The largest absolute Gasteiger partial charge is 0.369 e. The topological polar surface area (TPSA) is 21.3 Å². The van der Waals surface area contributed by atoms with Gasteiger partial charge in [0.05, 0.1) is 11.7 Å². The Bertz CT molecular complexity index is 131. The van der Waals surface area contributed by atoms with E-state index in [2.05, 4.69) is 12.2 Å². The number of hydrogen-bond donors (Lipinski definition) is 1. The van der Waals surface area contributed by atoms with E-state index >= 15 is 0 Å². The molecule has 0 aromatic rings. The fraction of sp³-hybridized carbons (Fsp3) is 1.00. The third-order valence-corrected chi connectivity index (χ3v) is 2.59. The predicted molar refractivity (Wildman–Crippen MR) is 40.0 cm³/mol. The van der Waals surface area contributed by atoms with Crippen LogP contribution in [0, 0.1) is 0 Å². The summed E-state index contributed by atoms with van der Waals surface area (Å²) in [6.07, 6.45) is 4.32. The Morgan fingerprint density at radius 2 is 2.30 bits per heavy atom. The van der Waals surface area contributed by atoms with Crippen molar-refractivity contribution in [1.82, 2.24) is 5.32 Å². The first-order valence-corrected chi connectivity index (χ1v) is 4.19. The lowest BCUT2D eigenvalue weighted by atomic mass is 9.79. The maximum Gasteiger partial charge on any atom is 0.0810 e. The van der Waals surface area contributed by atoms with Gasteiger partial charge in [-0.15, -0.1) is 0 Å². The van der Waals surface area contributed by atoms with Crippen LogP contribution in [0.4, 0.5) is 0 Å². The van der Waals surface area contributed by atoms with Gasteiger partial charge in [0.1, 0.15) is 0 Å². The third kappa shape index (κ3) is 0.956. The van der Waals surface area contributed by atoms with Crippen molar-refractivity contribution in [1.29, 1.82) is 0 Å². The van der Waals surface area contributed by atoms with E-state index in [1.54, 1.807) is 0 Å². The van der Waals surface area contributed by atoms with Crippen LogP contribution in [-0.4, -0.2) is 24.8 Å². The first-order chi connectivity index (χ1) is 4.81. The Labute approximate surface area is 61.9 Å². The zero-order valence-corrected chi connectivity index (χ0v) is 6.52. The van der Waals surface area contributed by atoms with E-state index in [0.717, 1.165) is 13.1 Å². The number of nitrogens with one attached hydrogen (secondary N) is 1. The predicted octanol–water partition coefficient (Wildman–Crippen LogP) is 0.917. The second-order valence-corrected chi connectivity index (χ2v) is 3.60. The summed E-state index contributed by atoms with van der Waals surface area (Å²) in [5, 5.41) is 3.40. The van der Waals surface area contributed by atoms with Crippen LogP contribution in [0.15, 0.2) is 0 Å². The molecule has 2 nitrogen and oxygen atoms in total. The van der Waals surface area contributed by atoms with Gasteiger partial charge in [0.25, 0.3) is 0 Å². The zero-order valence-electron chi connectivity index (χ0n) is 6.52. The van der Waals surface area contributed by atoms with Crippen LogP contribution >= 0.6 is 0 Å². The van der Waals surface area contributed by atoms with Crippen molar-refractivity contribution in [2.75, 3.05) is 13.1 Å². The molecule has 2 fully saturated rings. The van der Waals surface area contributed by atoms with Crippen molar-refractivity contribution in [3.8, 4) is 0 Å². The van der Waals surface area contributed by atoms with Crippen molar-refractivity contribution in [3.05, 3.63) is 0 Å². The molecule has 58 valence electrons. The number of morpholine rings is 1. The first kappa shape index (κ1) is 6.62. The van der Waals surface area contributed by atoms with Gasteiger partial charge in [-0.1, -0.05) is 0 Å². The van der Waals surface area contributed by atoms with E-state index < -0.39 is 0 Å². The van der Waals surface area contributed by atoms with Crippen LogP contribution in [0.1, 0.15) is 26.2 Å². The second-order valence-electron chi connectivity index (χ2n) is 3.60. The summed E-state index contributed by atoms with van der Waals surface area (Å²) in [4.78, 5) is 0. The minimum atomic E-state index is 0.262. The summed E-state index contributed by atoms with van der Waals surface area (Å²) in [5.74, 6) is 0. The van der Waals surface area contributed by atoms with Gasteiger partial charge < -0.3 is 10.1 Å². The highest BCUT2D eigenvalue weighted by atomic mass is 16.5. The Hall–Kier alpha value is -0.0800. The minimum absolute atomic E-state index is 0.262. The highest BCUT2D eigenvalue weighted by Crippen LogP contribution is 2.37. The van der Waals surface area contributed by atoms with Gasteiger partial charge in [0, 0.05) is 13.1 Å². The Balaban J connectivity index is 1.96. The summed E-state index contributed by atoms with van der Waals surface area (Å²) in [6.45, 7) is 4.26. The molecule has 2 aliphatic rings. The molecule has 1 saturated heterocycles. The molecule has 0 radical (unpaired) electrons. The van der Waals surface area contributed by atoms with Gasteiger partial charge in [-0.05, 0) is 26.2 Å². The number of hydrogen-bond acceptors (Lipinski definition) is 2. The molecule has 0 amide bonds. The molecule has 2 heteroatoms. The molecule has 0 aromatic heterocycles. The van der Waals surface area contributed by atoms with Crippen LogP contribution in [0.5, 0.6) is 0 Å². The van der Waals surface area contributed by atoms with E-state index in [-0.39, 0.29) is 5.60 Å². The summed E-state index contributed by atoms with van der Waals surface area (Å²) >= 11 is 0.